The van der Waals surface area contributed by atoms with E-state index >= 15 is 0 Å². The first kappa shape index (κ1) is 17.4. The van der Waals surface area contributed by atoms with Crippen LogP contribution < -0.4 is 5.14 Å². The van der Waals surface area contributed by atoms with Crippen LogP contribution in [0.5, 0.6) is 0 Å². The quantitative estimate of drug-likeness (QED) is 0.723. The Morgan fingerprint density at radius 3 is 2.28 bits per heavy atom. The van der Waals surface area contributed by atoms with E-state index in [-0.39, 0.29) is 4.90 Å². The minimum Gasteiger partial charge on any atom is -0.355 e. The third-order valence-corrected chi connectivity index (χ3v) is 4.97. The highest BCUT2D eigenvalue weighted by atomic mass is 32.2. The van der Waals surface area contributed by atoms with E-state index in [1.54, 1.807) is 12.1 Å². The topological polar surface area (TPSA) is 86.2 Å². The van der Waals surface area contributed by atoms with Crippen LogP contribution in [0.3, 0.4) is 0 Å². The minimum absolute atomic E-state index is 0.0871. The van der Waals surface area contributed by atoms with E-state index < -0.39 is 10.0 Å². The summed E-state index contributed by atoms with van der Waals surface area (Å²) in [6, 6.07) is 16.3. The van der Waals surface area contributed by atoms with Crippen LogP contribution in [0.25, 0.3) is 22.5 Å². The average molecular weight is 356 g/mol. The molecule has 0 fully saturated rings. The number of unbranched alkanes of at least 4 members (excludes halogenated alkanes) is 1. The van der Waals surface area contributed by atoms with Crippen LogP contribution in [0.2, 0.25) is 0 Å². The zero-order valence-corrected chi connectivity index (χ0v) is 14.8. The number of aryl methyl sites for hydroxylation is 1. The molecule has 0 aliphatic rings. The molecule has 0 aliphatic heterocycles. The normalized spacial score (nSPS) is 11.6. The molecular formula is C19H20N2O3S. The highest BCUT2D eigenvalue weighted by Gasteiger charge is 2.19. The van der Waals surface area contributed by atoms with Crippen molar-refractivity contribution in [2.45, 2.75) is 31.1 Å². The molecule has 2 aromatic carbocycles. The van der Waals surface area contributed by atoms with Crippen LogP contribution in [0.4, 0.5) is 0 Å². The molecule has 130 valence electrons. The largest absolute Gasteiger partial charge is 0.355 e. The predicted octanol–water partition coefficient (Wildman–Crippen LogP) is 4.00. The van der Waals surface area contributed by atoms with Crippen LogP contribution in [0, 0.1) is 0 Å². The Kier molecular flexibility index (Phi) is 5.01. The summed E-state index contributed by atoms with van der Waals surface area (Å²) in [5, 5.41) is 9.44. The summed E-state index contributed by atoms with van der Waals surface area (Å²) in [5.74, 6) is 0.690. The zero-order chi connectivity index (χ0) is 17.9. The van der Waals surface area contributed by atoms with Crippen molar-refractivity contribution in [2.75, 3.05) is 0 Å². The molecular weight excluding hydrogens is 336 g/mol. The van der Waals surface area contributed by atoms with E-state index in [0.717, 1.165) is 41.6 Å². The molecule has 0 atom stereocenters. The lowest BCUT2D eigenvalue weighted by Gasteiger charge is -2.06. The Hall–Kier alpha value is -2.44. The number of primary sulfonamides is 1. The fourth-order valence-corrected chi connectivity index (χ4v) is 3.25. The first-order valence-electron chi connectivity index (χ1n) is 8.18. The Labute approximate surface area is 147 Å². The standard InChI is InChI=1S/C19H20N2O3S/c1-2-3-9-17-18(14-10-12-16(13-11-14)25(20,22)23)19(24-21-17)15-7-5-4-6-8-15/h4-8,10-13H,2-3,9H2,1H3,(H2,20,22,23). The zero-order valence-electron chi connectivity index (χ0n) is 14.0. The number of benzene rings is 2. The van der Waals surface area contributed by atoms with E-state index in [4.69, 9.17) is 9.66 Å². The van der Waals surface area contributed by atoms with Crippen LogP contribution >= 0.6 is 0 Å². The summed E-state index contributed by atoms with van der Waals surface area (Å²) in [6.45, 7) is 2.12. The van der Waals surface area contributed by atoms with E-state index in [2.05, 4.69) is 12.1 Å². The number of aromatic nitrogens is 1. The molecule has 0 spiro atoms. The van der Waals surface area contributed by atoms with Crippen molar-refractivity contribution in [3.63, 3.8) is 0 Å². The summed E-state index contributed by atoms with van der Waals surface area (Å²) in [4.78, 5) is 0.0871. The third kappa shape index (κ3) is 3.81. The van der Waals surface area contributed by atoms with Crippen molar-refractivity contribution in [3.05, 3.63) is 60.3 Å². The smallest absolute Gasteiger partial charge is 0.238 e. The van der Waals surface area contributed by atoms with Crippen molar-refractivity contribution < 1.29 is 12.9 Å². The Morgan fingerprint density at radius 2 is 1.68 bits per heavy atom. The highest BCUT2D eigenvalue weighted by molar-refractivity contribution is 7.89. The SMILES string of the molecule is CCCCc1noc(-c2ccccc2)c1-c1ccc(S(N)(=O)=O)cc1. The number of sulfonamides is 1. The first-order chi connectivity index (χ1) is 12.0. The molecule has 2 N–H and O–H groups in total. The van der Waals surface area contributed by atoms with Crippen LogP contribution in [0.15, 0.2) is 64.0 Å². The van der Waals surface area contributed by atoms with Gasteiger partial charge in [0.2, 0.25) is 10.0 Å². The molecule has 0 bridgehead atoms. The van der Waals surface area contributed by atoms with Gasteiger partial charge in [-0.1, -0.05) is 61.0 Å². The fraction of sp³-hybridized carbons (Fsp3) is 0.211. The van der Waals surface area contributed by atoms with Crippen LogP contribution in [0.1, 0.15) is 25.5 Å². The van der Waals surface area contributed by atoms with Gasteiger partial charge in [0.1, 0.15) is 0 Å². The minimum atomic E-state index is -3.71. The van der Waals surface area contributed by atoms with Gasteiger partial charge in [0.25, 0.3) is 0 Å². The molecule has 0 aliphatic carbocycles. The van der Waals surface area contributed by atoms with Crippen molar-refractivity contribution in [3.8, 4) is 22.5 Å². The summed E-state index contributed by atoms with van der Waals surface area (Å²) >= 11 is 0. The van der Waals surface area contributed by atoms with Gasteiger partial charge in [-0.2, -0.15) is 0 Å². The molecule has 1 heterocycles. The summed E-state index contributed by atoms with van der Waals surface area (Å²) in [6.07, 6.45) is 2.86. The number of hydrogen-bond acceptors (Lipinski definition) is 4. The molecule has 3 rings (SSSR count). The predicted molar refractivity (Wildman–Crippen MR) is 97.4 cm³/mol. The number of rotatable bonds is 6. The van der Waals surface area contributed by atoms with Crippen LogP contribution in [-0.2, 0) is 16.4 Å². The van der Waals surface area contributed by atoms with Crippen molar-refractivity contribution in [2.24, 2.45) is 5.14 Å². The molecule has 0 radical (unpaired) electrons. The van der Waals surface area contributed by atoms with Gasteiger partial charge in [-0.05, 0) is 30.5 Å². The monoisotopic (exact) mass is 356 g/mol. The van der Waals surface area contributed by atoms with Crippen LogP contribution in [-0.4, -0.2) is 13.6 Å². The van der Waals surface area contributed by atoms with Gasteiger partial charge in [0.05, 0.1) is 16.2 Å². The van der Waals surface area contributed by atoms with E-state index in [9.17, 15) is 8.42 Å². The molecule has 0 amide bonds. The number of hydrogen-bond donors (Lipinski definition) is 1. The van der Waals surface area contributed by atoms with Gasteiger partial charge in [-0.15, -0.1) is 0 Å². The van der Waals surface area contributed by atoms with Gasteiger partial charge in [-0.25, -0.2) is 13.6 Å². The van der Waals surface area contributed by atoms with E-state index in [1.165, 1.54) is 12.1 Å². The molecule has 5 nitrogen and oxygen atoms in total. The second-order valence-corrected chi connectivity index (χ2v) is 7.43. The number of nitrogens with two attached hydrogens (primary N) is 1. The fourth-order valence-electron chi connectivity index (χ4n) is 2.73. The highest BCUT2D eigenvalue weighted by Crippen LogP contribution is 2.36. The maximum atomic E-state index is 11.5. The second-order valence-electron chi connectivity index (χ2n) is 5.87. The Morgan fingerprint density at radius 1 is 1.00 bits per heavy atom. The van der Waals surface area contributed by atoms with Gasteiger partial charge >= 0.3 is 0 Å². The van der Waals surface area contributed by atoms with E-state index in [1.807, 2.05) is 30.3 Å². The first-order valence-corrected chi connectivity index (χ1v) is 9.72. The Bertz CT molecular complexity index is 946. The second kappa shape index (κ2) is 7.21. The summed E-state index contributed by atoms with van der Waals surface area (Å²) in [7, 11) is -3.71. The van der Waals surface area contributed by atoms with E-state index in [0.29, 0.717) is 5.76 Å². The Balaban J connectivity index is 2.10. The lowest BCUT2D eigenvalue weighted by Crippen LogP contribution is -2.11. The van der Waals surface area contributed by atoms with Crippen molar-refractivity contribution >= 4 is 10.0 Å². The maximum Gasteiger partial charge on any atom is 0.238 e. The van der Waals surface area contributed by atoms with Crippen molar-refractivity contribution in [1.29, 1.82) is 0 Å². The van der Waals surface area contributed by atoms with Gasteiger partial charge in [-0.3, -0.25) is 0 Å². The molecule has 25 heavy (non-hydrogen) atoms. The number of nitrogens with zero attached hydrogens (tertiary/aromatic N) is 1. The third-order valence-electron chi connectivity index (χ3n) is 4.04. The lowest BCUT2D eigenvalue weighted by molar-refractivity contribution is 0.422. The maximum absolute atomic E-state index is 11.5. The average Bonchev–Trinajstić information content (AvgIpc) is 3.04. The van der Waals surface area contributed by atoms with Gasteiger partial charge in [0.15, 0.2) is 5.76 Å². The lowest BCUT2D eigenvalue weighted by atomic mass is 9.97. The molecule has 0 saturated carbocycles. The molecule has 6 heteroatoms. The van der Waals surface area contributed by atoms with Gasteiger partial charge in [0, 0.05) is 5.56 Å². The summed E-state index contributed by atoms with van der Waals surface area (Å²) < 4.78 is 28.6. The molecule has 0 unspecified atom stereocenters. The van der Waals surface area contributed by atoms with Gasteiger partial charge < -0.3 is 4.52 Å². The molecule has 0 saturated heterocycles. The summed E-state index contributed by atoms with van der Waals surface area (Å²) in [5.41, 5.74) is 3.58. The molecule has 1 aromatic heterocycles. The van der Waals surface area contributed by atoms with Crippen molar-refractivity contribution in [1.82, 2.24) is 5.16 Å². The molecule has 3 aromatic rings.